The number of hydrogen-bond acceptors (Lipinski definition) is 3. The first kappa shape index (κ1) is 28.5. The molecule has 0 radical (unpaired) electrons. The van der Waals surface area contributed by atoms with Crippen LogP contribution in [0.2, 0.25) is 0 Å². The van der Waals surface area contributed by atoms with Crippen molar-refractivity contribution in [3.63, 3.8) is 0 Å². The van der Waals surface area contributed by atoms with E-state index in [4.69, 9.17) is 4.74 Å². The average molecular weight is 511 g/mol. The molecular formula is C31H52F2O3. The third kappa shape index (κ3) is 5.07. The third-order valence-electron chi connectivity index (χ3n) is 11.4. The second kappa shape index (κ2) is 9.90. The number of alkyl halides is 2. The summed E-state index contributed by atoms with van der Waals surface area (Å²) in [4.78, 5) is 0. The van der Waals surface area contributed by atoms with E-state index >= 15 is 0 Å². The van der Waals surface area contributed by atoms with E-state index in [9.17, 15) is 19.0 Å². The Balaban J connectivity index is 1.47. The van der Waals surface area contributed by atoms with Gasteiger partial charge in [0.2, 0.25) is 6.43 Å². The SMILES string of the molecule is C[C@H](CCC(C)(C)O)[C@H]1CC[C@H]2[C@@H]3CC=C4[C@@H](O)[C@@H](OCC(C)(C)C(F)F)CC[C@]4(C)[C@H]3CC[C@]12C. The van der Waals surface area contributed by atoms with Crippen molar-refractivity contribution in [3.05, 3.63) is 11.6 Å². The van der Waals surface area contributed by atoms with Crippen LogP contribution in [-0.4, -0.2) is 41.1 Å². The smallest absolute Gasteiger partial charge is 0.245 e. The Hall–Kier alpha value is -0.520. The number of aliphatic hydroxyl groups excluding tert-OH is 1. The Morgan fingerprint density at radius 1 is 1.06 bits per heavy atom. The van der Waals surface area contributed by atoms with Gasteiger partial charge in [-0.2, -0.15) is 0 Å². The predicted molar refractivity (Wildman–Crippen MR) is 141 cm³/mol. The summed E-state index contributed by atoms with van der Waals surface area (Å²) in [5, 5.41) is 21.6. The van der Waals surface area contributed by atoms with Crippen LogP contribution in [0.15, 0.2) is 11.6 Å². The molecule has 9 atom stereocenters. The Kier molecular flexibility index (Phi) is 7.83. The second-order valence-electron chi connectivity index (χ2n) is 14.9. The summed E-state index contributed by atoms with van der Waals surface area (Å²) in [6, 6.07) is 0. The van der Waals surface area contributed by atoms with E-state index in [1.54, 1.807) is 0 Å². The molecule has 3 fully saturated rings. The second-order valence-corrected chi connectivity index (χ2v) is 14.9. The molecule has 0 unspecified atom stereocenters. The van der Waals surface area contributed by atoms with E-state index < -0.39 is 23.5 Å². The largest absolute Gasteiger partial charge is 0.390 e. The molecule has 2 N–H and O–H groups in total. The van der Waals surface area contributed by atoms with Gasteiger partial charge in [-0.15, -0.1) is 0 Å². The van der Waals surface area contributed by atoms with Crippen molar-refractivity contribution in [2.75, 3.05) is 6.61 Å². The van der Waals surface area contributed by atoms with Crippen molar-refractivity contribution in [1.82, 2.24) is 0 Å². The molecule has 36 heavy (non-hydrogen) atoms. The monoisotopic (exact) mass is 510 g/mol. The molecule has 4 rings (SSSR count). The summed E-state index contributed by atoms with van der Waals surface area (Å²) >= 11 is 0. The molecule has 0 aromatic heterocycles. The van der Waals surface area contributed by atoms with Crippen molar-refractivity contribution >= 4 is 0 Å². The van der Waals surface area contributed by atoms with Crippen LogP contribution >= 0.6 is 0 Å². The molecule has 4 aliphatic carbocycles. The molecule has 0 aliphatic heterocycles. The third-order valence-corrected chi connectivity index (χ3v) is 11.4. The van der Waals surface area contributed by atoms with Crippen LogP contribution in [0.5, 0.6) is 0 Å². The maximum Gasteiger partial charge on any atom is 0.245 e. The van der Waals surface area contributed by atoms with Gasteiger partial charge >= 0.3 is 0 Å². The van der Waals surface area contributed by atoms with Gasteiger partial charge in [0.05, 0.1) is 18.3 Å². The van der Waals surface area contributed by atoms with Gasteiger partial charge < -0.3 is 14.9 Å². The minimum absolute atomic E-state index is 0.0215. The van der Waals surface area contributed by atoms with Gasteiger partial charge in [0.1, 0.15) is 6.10 Å². The Morgan fingerprint density at radius 2 is 1.75 bits per heavy atom. The van der Waals surface area contributed by atoms with Crippen LogP contribution in [0.25, 0.3) is 0 Å². The highest BCUT2D eigenvalue weighted by Gasteiger charge is 2.60. The molecule has 208 valence electrons. The number of fused-ring (bicyclic) bond motifs is 5. The average Bonchev–Trinajstić information content (AvgIpc) is 3.13. The number of aliphatic hydroxyl groups is 2. The minimum atomic E-state index is -2.44. The molecule has 4 aliphatic rings. The first-order valence-corrected chi connectivity index (χ1v) is 14.6. The van der Waals surface area contributed by atoms with Crippen LogP contribution < -0.4 is 0 Å². The van der Waals surface area contributed by atoms with Crippen LogP contribution in [0.4, 0.5) is 8.78 Å². The van der Waals surface area contributed by atoms with Crippen molar-refractivity contribution in [2.45, 2.75) is 130 Å². The van der Waals surface area contributed by atoms with Crippen LogP contribution in [0.3, 0.4) is 0 Å². The normalized spacial score (nSPS) is 41.9. The zero-order valence-corrected chi connectivity index (χ0v) is 23.8. The molecule has 0 heterocycles. The predicted octanol–water partition coefficient (Wildman–Crippen LogP) is 7.40. The summed E-state index contributed by atoms with van der Waals surface area (Å²) < 4.78 is 32.6. The van der Waals surface area contributed by atoms with E-state index in [1.165, 1.54) is 39.5 Å². The molecule has 5 heteroatoms. The van der Waals surface area contributed by atoms with E-state index in [-0.39, 0.29) is 18.1 Å². The maximum atomic E-state index is 13.3. The molecule has 0 saturated heterocycles. The first-order valence-electron chi connectivity index (χ1n) is 14.6. The fraction of sp³-hybridized carbons (Fsp3) is 0.935. The van der Waals surface area contributed by atoms with Gasteiger partial charge in [-0.3, -0.25) is 0 Å². The van der Waals surface area contributed by atoms with Crippen LogP contribution in [0, 0.1) is 45.8 Å². The van der Waals surface area contributed by atoms with Gasteiger partial charge in [0, 0.05) is 5.41 Å². The van der Waals surface area contributed by atoms with Crippen molar-refractivity contribution in [1.29, 1.82) is 0 Å². The molecular weight excluding hydrogens is 458 g/mol. The fourth-order valence-electron chi connectivity index (χ4n) is 9.02. The number of rotatable bonds is 8. The number of hydrogen-bond donors (Lipinski definition) is 2. The van der Waals surface area contributed by atoms with E-state index in [1.807, 2.05) is 13.8 Å². The van der Waals surface area contributed by atoms with Crippen molar-refractivity contribution < 1.29 is 23.7 Å². The van der Waals surface area contributed by atoms with Gasteiger partial charge in [-0.05, 0) is 118 Å². The maximum absolute atomic E-state index is 13.3. The van der Waals surface area contributed by atoms with Gasteiger partial charge in [-0.25, -0.2) is 8.78 Å². The summed E-state index contributed by atoms with van der Waals surface area (Å²) in [7, 11) is 0. The van der Waals surface area contributed by atoms with E-state index in [2.05, 4.69) is 26.8 Å². The Bertz CT molecular complexity index is 817. The lowest BCUT2D eigenvalue weighted by Gasteiger charge is -2.59. The molecule has 0 aromatic rings. The van der Waals surface area contributed by atoms with Gasteiger partial charge in [0.15, 0.2) is 0 Å². The van der Waals surface area contributed by atoms with Crippen LogP contribution in [0.1, 0.15) is 106 Å². The molecule has 0 bridgehead atoms. The molecule has 3 nitrogen and oxygen atoms in total. The summed E-state index contributed by atoms with van der Waals surface area (Å²) in [5.74, 6) is 3.30. The summed E-state index contributed by atoms with van der Waals surface area (Å²) in [6.45, 7) is 14.2. The zero-order valence-electron chi connectivity index (χ0n) is 23.8. The topological polar surface area (TPSA) is 49.7 Å². The Labute approximate surface area is 218 Å². The fourth-order valence-corrected chi connectivity index (χ4v) is 9.02. The lowest BCUT2D eigenvalue weighted by atomic mass is 9.46. The summed E-state index contributed by atoms with van der Waals surface area (Å²) in [5.41, 5.74) is -0.341. The number of halogens is 2. The summed E-state index contributed by atoms with van der Waals surface area (Å²) in [6.07, 6.45) is 8.50. The van der Waals surface area contributed by atoms with E-state index in [0.29, 0.717) is 23.2 Å². The zero-order chi connectivity index (χ0) is 26.7. The highest BCUT2D eigenvalue weighted by molar-refractivity contribution is 5.29. The molecule has 0 amide bonds. The lowest BCUT2D eigenvalue weighted by Crippen LogP contribution is -2.54. The lowest BCUT2D eigenvalue weighted by molar-refractivity contribution is -0.123. The number of ether oxygens (including phenoxy) is 1. The molecule has 0 aromatic carbocycles. The van der Waals surface area contributed by atoms with Crippen molar-refractivity contribution in [3.8, 4) is 0 Å². The van der Waals surface area contributed by atoms with Gasteiger partial charge in [-0.1, -0.05) is 40.7 Å². The highest BCUT2D eigenvalue weighted by Crippen LogP contribution is 2.67. The standard InChI is InChI=1S/C31H52F2O3/c1-19(12-15-29(4,5)35)21-10-11-22-20-8-9-24-26(34)25(36-18-28(2,3)27(32)33)14-17-31(24,7)23(20)13-16-30(21,22)6/h9,19-23,25-27,34-35H,8,10-18H2,1-7H3/t19-,20+,21-,22+,23+,25+,26-,30-,31-/m1/s1. The molecule has 3 saturated carbocycles. The minimum Gasteiger partial charge on any atom is -0.390 e. The quantitative estimate of drug-likeness (QED) is 0.335. The number of allylic oxidation sites excluding steroid dienone is 1. The van der Waals surface area contributed by atoms with Crippen LogP contribution in [-0.2, 0) is 4.74 Å². The van der Waals surface area contributed by atoms with E-state index in [0.717, 1.165) is 49.5 Å². The first-order chi connectivity index (χ1) is 16.6. The van der Waals surface area contributed by atoms with Crippen molar-refractivity contribution in [2.24, 2.45) is 45.8 Å². The van der Waals surface area contributed by atoms with Gasteiger partial charge in [0.25, 0.3) is 0 Å². The molecule has 0 spiro atoms. The highest BCUT2D eigenvalue weighted by atomic mass is 19.3. The Morgan fingerprint density at radius 3 is 2.39 bits per heavy atom.